The van der Waals surface area contributed by atoms with Crippen LogP contribution >= 0.6 is 0 Å². The van der Waals surface area contributed by atoms with Gasteiger partial charge in [-0.15, -0.1) is 0 Å². The summed E-state index contributed by atoms with van der Waals surface area (Å²) in [6, 6.07) is 0. The van der Waals surface area contributed by atoms with E-state index in [9.17, 15) is 0 Å². The molecule has 0 radical (unpaired) electrons. The Bertz CT molecular complexity index is 8.00. The van der Waals surface area contributed by atoms with Gasteiger partial charge in [-0.3, -0.25) is 0 Å². The molecule has 0 aliphatic carbocycles. The van der Waals surface area contributed by atoms with Gasteiger partial charge in [-0.25, -0.2) is 0 Å². The molecule has 0 bridgehead atoms. The third-order valence-electron chi connectivity index (χ3n) is 0. The van der Waals surface area contributed by atoms with E-state index in [0.29, 0.717) is 0 Å². The van der Waals surface area contributed by atoms with E-state index in [2.05, 4.69) is 0 Å². The maximum atomic E-state index is 0. The molecule has 0 amide bonds. The van der Waals surface area contributed by atoms with Gasteiger partial charge in [0.05, 0.1) is 0 Å². The van der Waals surface area contributed by atoms with E-state index in [1.807, 2.05) is 0 Å². The maximum absolute atomic E-state index is 0. The van der Waals surface area contributed by atoms with Crippen molar-refractivity contribution in [3.05, 3.63) is 0 Å². The minimum absolute atomic E-state index is 0. The molecule has 0 atom stereocenters. The van der Waals surface area contributed by atoms with Gasteiger partial charge in [0.2, 0.25) is 0 Å². The molecule has 4 heavy (non-hydrogen) atoms. The molecule has 0 aromatic rings. The summed E-state index contributed by atoms with van der Waals surface area (Å²) in [5, 5.41) is 0. The molecule has 0 rings (SSSR count). The quantitative estimate of drug-likeness (QED) is 0.278. The van der Waals surface area contributed by atoms with E-state index < -0.39 is 0 Å². The van der Waals surface area contributed by atoms with Gasteiger partial charge in [-0.2, -0.15) is 0 Å². The average Bonchev–Trinajstić information content (AvgIpc) is 0. The van der Waals surface area contributed by atoms with Crippen molar-refractivity contribution in [1.29, 1.82) is 0 Å². The number of hydrogen-bond acceptors (Lipinski definition) is 0. The fourth-order valence-corrected chi connectivity index (χ4v) is 0. The first-order valence-corrected chi connectivity index (χ1v) is 0. The molecule has 0 fully saturated rings. The molecule has 0 aliphatic heterocycles. The van der Waals surface area contributed by atoms with Crippen LogP contribution in [0.2, 0.25) is 0 Å². The van der Waals surface area contributed by atoms with Crippen molar-refractivity contribution in [1.82, 2.24) is 0 Å². The SMILES string of the molecule is [BiH3].[GaH3].[InH3].[SnH4]. The number of hydrogen-bond donors (Lipinski definition) is 0. The van der Waals surface area contributed by atoms with Crippen LogP contribution in [0.15, 0.2) is 0 Å². The molecule has 0 unspecified atom stereocenters. The van der Waals surface area contributed by atoms with E-state index in [-0.39, 0.29) is 95.7 Å². The van der Waals surface area contributed by atoms with E-state index in [4.69, 9.17) is 0 Å². The van der Waals surface area contributed by atoms with Gasteiger partial charge in [0.15, 0.2) is 0 Å². The molecular weight excluding hydrogens is 512 g/mol. The molecule has 0 aromatic carbocycles. The van der Waals surface area contributed by atoms with Crippen molar-refractivity contribution in [3.63, 3.8) is 0 Å². The second kappa shape index (κ2) is 16.4. The summed E-state index contributed by atoms with van der Waals surface area (Å²) in [5.74, 6) is 0. The Kier molecular flexibility index (Phi) is 111. The first-order chi connectivity index (χ1) is 0. The van der Waals surface area contributed by atoms with Gasteiger partial charge < -0.3 is 0 Å². The summed E-state index contributed by atoms with van der Waals surface area (Å²) in [6.45, 7) is 0. The van der Waals surface area contributed by atoms with E-state index in [1.54, 1.807) is 0 Å². The zero-order valence-corrected chi connectivity index (χ0v) is 6.20. The van der Waals surface area contributed by atoms with Crippen LogP contribution in [0.3, 0.4) is 0 Å². The Morgan fingerprint density at radius 1 is 1.00 bits per heavy atom. The first-order valence-electron chi connectivity index (χ1n) is 0. The molecule has 0 aromatic heterocycles. The van der Waals surface area contributed by atoms with Crippen LogP contribution in [0, 0.1) is 0 Å². The summed E-state index contributed by atoms with van der Waals surface area (Å²) in [4.78, 5) is 0. The fourth-order valence-electron chi connectivity index (χ4n) is 0. The van der Waals surface area contributed by atoms with Crippen LogP contribution in [-0.4, -0.2) is 95.7 Å². The molecule has 0 heterocycles. The second-order valence-electron chi connectivity index (χ2n) is 0. The second-order valence-corrected chi connectivity index (χ2v) is 0. The van der Waals surface area contributed by atoms with Gasteiger partial charge in [0, 0.05) is 0 Å². The van der Waals surface area contributed by atoms with Crippen LogP contribution in [0.4, 0.5) is 0 Å². The van der Waals surface area contributed by atoms with Crippen LogP contribution < -0.4 is 0 Å². The van der Waals surface area contributed by atoms with Crippen molar-refractivity contribution < 1.29 is 0 Å². The summed E-state index contributed by atoms with van der Waals surface area (Å²) in [5.41, 5.74) is 0. The third kappa shape index (κ3) is 8.95. The Labute approximate surface area is 93.8 Å². The summed E-state index contributed by atoms with van der Waals surface area (Å²) >= 11 is 0. The molecule has 0 aliphatic rings. The third-order valence-corrected chi connectivity index (χ3v) is 0. The van der Waals surface area contributed by atoms with E-state index >= 15 is 0 Å². The van der Waals surface area contributed by atoms with Crippen molar-refractivity contribution in [3.8, 4) is 0 Å². The van der Waals surface area contributed by atoms with Gasteiger partial charge in [-0.1, -0.05) is 0 Å². The molecule has 0 spiro atoms. The minimum atomic E-state index is 0. The fraction of sp³-hybridized carbons (Fsp3) is 0. The van der Waals surface area contributed by atoms with Gasteiger partial charge in [0.1, 0.15) is 0 Å². The van der Waals surface area contributed by atoms with Gasteiger partial charge >= 0.3 is 95.7 Å². The van der Waals surface area contributed by atoms with Crippen molar-refractivity contribution in [2.75, 3.05) is 0 Å². The number of rotatable bonds is 0. The Morgan fingerprint density at radius 3 is 1.00 bits per heavy atom. The zero-order chi connectivity index (χ0) is 0. The summed E-state index contributed by atoms with van der Waals surface area (Å²) < 4.78 is 0. The van der Waals surface area contributed by atoms with Gasteiger partial charge in [0.25, 0.3) is 0 Å². The normalized spacial score (nSPS) is 0. The topological polar surface area (TPSA) is 0 Å². The standard InChI is InChI=1S/Bi.Ga.In.Sn.13H. The van der Waals surface area contributed by atoms with Crippen molar-refractivity contribution in [2.45, 2.75) is 0 Å². The van der Waals surface area contributed by atoms with Gasteiger partial charge in [-0.05, 0) is 0 Å². The average molecular weight is 525 g/mol. The molecule has 28 valence electrons. The van der Waals surface area contributed by atoms with E-state index in [1.165, 1.54) is 0 Å². The molecular formula is H13BiGaInSn. The van der Waals surface area contributed by atoms with Crippen LogP contribution in [0.25, 0.3) is 0 Å². The molecule has 0 saturated heterocycles. The van der Waals surface area contributed by atoms with E-state index in [0.717, 1.165) is 0 Å². The molecule has 0 N–H and O–H groups in total. The zero-order valence-electron chi connectivity index (χ0n) is 0.707. The van der Waals surface area contributed by atoms with Crippen molar-refractivity contribution >= 4 is 95.7 Å². The summed E-state index contributed by atoms with van der Waals surface area (Å²) in [6.07, 6.45) is 0. The monoisotopic (exact) mass is 526 g/mol. The van der Waals surface area contributed by atoms with Crippen LogP contribution in [0.5, 0.6) is 0 Å². The van der Waals surface area contributed by atoms with Crippen LogP contribution in [-0.2, 0) is 0 Å². The van der Waals surface area contributed by atoms with Crippen molar-refractivity contribution in [2.24, 2.45) is 0 Å². The molecule has 0 nitrogen and oxygen atoms in total. The Balaban J connectivity index is 0. The predicted molar refractivity (Wildman–Crippen MR) is 41.2 cm³/mol. The Morgan fingerprint density at radius 2 is 1.00 bits per heavy atom. The molecule has 0 saturated carbocycles. The first kappa shape index (κ1) is 27.1. The summed E-state index contributed by atoms with van der Waals surface area (Å²) in [7, 11) is 0. The molecule has 4 heteroatoms. The Hall–Kier alpha value is 3.19. The predicted octanol–water partition coefficient (Wildman–Crippen LogP) is -5.00. The van der Waals surface area contributed by atoms with Crippen LogP contribution in [0.1, 0.15) is 0 Å².